The number of hydrogen-bond acceptors (Lipinski definition) is 3. The Kier molecular flexibility index (Phi) is 5.32. The molecule has 2 aromatic carbocycles. The molecule has 3 amide bonds. The molecule has 4 aromatic rings. The predicted molar refractivity (Wildman–Crippen MR) is 130 cm³/mol. The number of imide groups is 1. The SMILES string of the molecule is Cc1ccc(-n2c(C)cc(C(=O)CN3C(=O)N[C@H](Cc4c[nH]c5ccccc45)C3=O)c2C)cc1. The highest BCUT2D eigenvalue weighted by molar-refractivity contribution is 6.09. The average Bonchev–Trinajstić information content (AvgIpc) is 3.45. The van der Waals surface area contributed by atoms with Gasteiger partial charge in [0.05, 0.1) is 6.54 Å². The maximum atomic E-state index is 13.2. The van der Waals surface area contributed by atoms with Gasteiger partial charge in [0.25, 0.3) is 5.91 Å². The molecule has 0 radical (unpaired) electrons. The van der Waals surface area contributed by atoms with Crippen molar-refractivity contribution in [1.82, 2.24) is 19.8 Å². The standard InChI is InChI=1S/C27H26N4O3/c1-16-8-10-20(11-9-16)31-17(2)12-22(18(31)3)25(32)15-30-26(33)24(29-27(30)34)13-19-14-28-23-7-5-4-6-21(19)23/h4-12,14,24,28H,13,15H2,1-3H3,(H,29,34)/t24-/m1/s1. The van der Waals surface area contributed by atoms with E-state index in [1.165, 1.54) is 0 Å². The third-order valence-corrected chi connectivity index (χ3v) is 6.53. The minimum Gasteiger partial charge on any atom is -0.361 e. The summed E-state index contributed by atoms with van der Waals surface area (Å²) in [5.41, 5.74) is 6.26. The molecule has 3 heterocycles. The second-order valence-corrected chi connectivity index (χ2v) is 8.87. The summed E-state index contributed by atoms with van der Waals surface area (Å²) in [4.78, 5) is 43.0. The molecule has 1 aliphatic heterocycles. The van der Waals surface area contributed by atoms with Crippen LogP contribution in [0.15, 0.2) is 60.8 Å². The molecule has 0 bridgehead atoms. The zero-order chi connectivity index (χ0) is 24.0. The summed E-state index contributed by atoms with van der Waals surface area (Å²) in [5, 5.41) is 3.76. The number of H-pyrrole nitrogens is 1. The lowest BCUT2D eigenvalue weighted by Gasteiger charge is -2.13. The number of aryl methyl sites for hydroxylation is 2. The fraction of sp³-hybridized carbons (Fsp3) is 0.222. The van der Waals surface area contributed by atoms with Crippen molar-refractivity contribution >= 4 is 28.6 Å². The molecule has 0 aliphatic carbocycles. The van der Waals surface area contributed by atoms with Crippen molar-refractivity contribution in [1.29, 1.82) is 0 Å². The Balaban J connectivity index is 1.34. The van der Waals surface area contributed by atoms with Gasteiger partial charge in [-0.25, -0.2) is 4.79 Å². The van der Waals surface area contributed by atoms with Crippen LogP contribution in [-0.4, -0.2) is 44.8 Å². The Labute approximate surface area is 197 Å². The van der Waals surface area contributed by atoms with Gasteiger partial charge in [0.2, 0.25) is 0 Å². The number of nitrogens with zero attached hydrogens (tertiary/aromatic N) is 2. The number of amides is 3. The number of Topliss-reactive ketones (excluding diaryl/α,β-unsaturated/α-hetero) is 1. The number of carbonyl (C=O) groups excluding carboxylic acids is 3. The van der Waals surface area contributed by atoms with Crippen LogP contribution in [0.1, 0.15) is 32.9 Å². The van der Waals surface area contributed by atoms with Gasteiger partial charge >= 0.3 is 6.03 Å². The lowest BCUT2D eigenvalue weighted by molar-refractivity contribution is -0.127. The number of nitrogens with one attached hydrogen (secondary N) is 2. The van der Waals surface area contributed by atoms with E-state index in [0.717, 1.165) is 44.0 Å². The average molecular weight is 455 g/mol. The van der Waals surface area contributed by atoms with E-state index in [-0.39, 0.29) is 18.2 Å². The topological polar surface area (TPSA) is 87.2 Å². The minimum absolute atomic E-state index is 0.261. The molecule has 1 saturated heterocycles. The van der Waals surface area contributed by atoms with E-state index < -0.39 is 12.1 Å². The summed E-state index contributed by atoms with van der Waals surface area (Å²) in [5.74, 6) is -0.640. The zero-order valence-corrected chi connectivity index (χ0v) is 19.4. The van der Waals surface area contributed by atoms with Crippen LogP contribution in [0.4, 0.5) is 4.79 Å². The first kappa shape index (κ1) is 21.7. The van der Waals surface area contributed by atoms with Crippen LogP contribution >= 0.6 is 0 Å². The van der Waals surface area contributed by atoms with E-state index >= 15 is 0 Å². The van der Waals surface area contributed by atoms with Gasteiger partial charge in [-0.2, -0.15) is 0 Å². The Morgan fingerprint density at radius 1 is 1.00 bits per heavy atom. The number of urea groups is 1. The van der Waals surface area contributed by atoms with Crippen LogP contribution < -0.4 is 5.32 Å². The maximum Gasteiger partial charge on any atom is 0.325 e. The van der Waals surface area contributed by atoms with Gasteiger partial charge in [-0.05, 0) is 50.6 Å². The largest absolute Gasteiger partial charge is 0.361 e. The molecule has 7 nitrogen and oxygen atoms in total. The number of aromatic nitrogens is 2. The minimum atomic E-state index is -0.695. The van der Waals surface area contributed by atoms with Crippen molar-refractivity contribution in [2.45, 2.75) is 33.2 Å². The van der Waals surface area contributed by atoms with Crippen LogP contribution in [0, 0.1) is 20.8 Å². The molecule has 1 atom stereocenters. The third kappa shape index (κ3) is 3.69. The van der Waals surface area contributed by atoms with Gasteiger partial charge in [-0.1, -0.05) is 35.9 Å². The first-order valence-electron chi connectivity index (χ1n) is 11.3. The number of aromatic amines is 1. The number of ketones is 1. The smallest absolute Gasteiger partial charge is 0.325 e. The molecule has 34 heavy (non-hydrogen) atoms. The summed E-state index contributed by atoms with van der Waals surface area (Å²) in [6.45, 7) is 5.56. The second kappa shape index (κ2) is 8.33. The lowest BCUT2D eigenvalue weighted by atomic mass is 10.0. The molecule has 0 unspecified atom stereocenters. The molecule has 1 aliphatic rings. The number of carbonyl (C=O) groups is 3. The van der Waals surface area contributed by atoms with Crippen molar-refractivity contribution in [3.05, 3.63) is 88.9 Å². The van der Waals surface area contributed by atoms with Crippen molar-refractivity contribution in [2.75, 3.05) is 6.54 Å². The highest BCUT2D eigenvalue weighted by atomic mass is 16.2. The maximum absolute atomic E-state index is 13.2. The van der Waals surface area contributed by atoms with Crippen LogP contribution in [0.5, 0.6) is 0 Å². The van der Waals surface area contributed by atoms with Gasteiger partial charge in [-0.3, -0.25) is 14.5 Å². The summed E-state index contributed by atoms with van der Waals surface area (Å²) in [6.07, 6.45) is 2.22. The van der Waals surface area contributed by atoms with Crippen LogP contribution in [0.25, 0.3) is 16.6 Å². The molecule has 5 rings (SSSR count). The number of para-hydroxylation sites is 1. The van der Waals surface area contributed by atoms with Gasteiger partial charge in [0.15, 0.2) is 5.78 Å². The van der Waals surface area contributed by atoms with Gasteiger partial charge in [-0.15, -0.1) is 0 Å². The summed E-state index contributed by atoms with van der Waals surface area (Å²) in [6, 6.07) is 16.5. The molecule has 0 spiro atoms. The molecular formula is C27H26N4O3. The molecule has 2 N–H and O–H groups in total. The molecule has 7 heteroatoms. The highest BCUT2D eigenvalue weighted by Crippen LogP contribution is 2.24. The quantitative estimate of drug-likeness (QED) is 0.338. The van der Waals surface area contributed by atoms with Gasteiger partial charge in [0.1, 0.15) is 6.04 Å². The van der Waals surface area contributed by atoms with Crippen LogP contribution in [-0.2, 0) is 11.2 Å². The normalized spacial score (nSPS) is 15.9. The Morgan fingerprint density at radius 2 is 1.74 bits per heavy atom. The summed E-state index contributed by atoms with van der Waals surface area (Å²) in [7, 11) is 0. The van der Waals surface area contributed by atoms with Gasteiger partial charge < -0.3 is 14.9 Å². The number of benzene rings is 2. The Bertz CT molecular complexity index is 1430. The highest BCUT2D eigenvalue weighted by Gasteiger charge is 2.39. The molecule has 172 valence electrons. The molecule has 1 fully saturated rings. The number of fused-ring (bicyclic) bond motifs is 1. The van der Waals surface area contributed by atoms with E-state index in [2.05, 4.69) is 10.3 Å². The van der Waals surface area contributed by atoms with E-state index in [1.807, 2.05) is 86.1 Å². The second-order valence-electron chi connectivity index (χ2n) is 8.87. The molecular weight excluding hydrogens is 428 g/mol. The summed E-state index contributed by atoms with van der Waals surface area (Å²) >= 11 is 0. The molecule has 0 saturated carbocycles. The van der Waals surface area contributed by atoms with E-state index in [4.69, 9.17) is 0 Å². The van der Waals surface area contributed by atoms with Crippen LogP contribution in [0.2, 0.25) is 0 Å². The lowest BCUT2D eigenvalue weighted by Crippen LogP contribution is -2.36. The van der Waals surface area contributed by atoms with Crippen molar-refractivity contribution < 1.29 is 14.4 Å². The summed E-state index contributed by atoms with van der Waals surface area (Å²) < 4.78 is 2.01. The van der Waals surface area contributed by atoms with E-state index in [0.29, 0.717) is 12.0 Å². The predicted octanol–water partition coefficient (Wildman–Crippen LogP) is 4.23. The fourth-order valence-electron chi connectivity index (χ4n) is 4.75. The number of hydrogen-bond donors (Lipinski definition) is 2. The monoisotopic (exact) mass is 454 g/mol. The van der Waals surface area contributed by atoms with Crippen molar-refractivity contribution in [3.8, 4) is 5.69 Å². The van der Waals surface area contributed by atoms with Crippen LogP contribution in [0.3, 0.4) is 0 Å². The van der Waals surface area contributed by atoms with Crippen molar-refractivity contribution in [3.63, 3.8) is 0 Å². The Hall–Kier alpha value is -4.13. The van der Waals surface area contributed by atoms with E-state index in [1.54, 1.807) is 0 Å². The van der Waals surface area contributed by atoms with E-state index in [9.17, 15) is 14.4 Å². The van der Waals surface area contributed by atoms with Crippen molar-refractivity contribution in [2.24, 2.45) is 0 Å². The Morgan fingerprint density at radius 3 is 2.50 bits per heavy atom. The zero-order valence-electron chi connectivity index (χ0n) is 19.4. The molecule has 2 aromatic heterocycles. The fourth-order valence-corrected chi connectivity index (χ4v) is 4.75. The van der Waals surface area contributed by atoms with Gasteiger partial charge in [0, 0.05) is 46.2 Å². The first-order valence-corrected chi connectivity index (χ1v) is 11.3. The first-order chi connectivity index (χ1) is 16.3. The third-order valence-electron chi connectivity index (χ3n) is 6.53. The number of rotatable bonds is 6.